The molecule has 4 nitrogen and oxygen atoms in total. The lowest BCUT2D eigenvalue weighted by molar-refractivity contribution is 0.299. The highest BCUT2D eigenvalue weighted by Gasteiger charge is 2.27. The Hall–Kier alpha value is -1.46. The van der Waals surface area contributed by atoms with Gasteiger partial charge in [-0.15, -0.1) is 0 Å². The van der Waals surface area contributed by atoms with Crippen LogP contribution in [0.2, 0.25) is 0 Å². The summed E-state index contributed by atoms with van der Waals surface area (Å²) in [4.78, 5) is 8.82. The maximum absolute atomic E-state index is 8.89. The smallest absolute Gasteiger partial charge is 0.223 e. The Bertz CT molecular complexity index is 597. The Morgan fingerprint density at radius 1 is 1.20 bits per heavy atom. The highest BCUT2D eigenvalue weighted by Crippen LogP contribution is 2.39. The summed E-state index contributed by atoms with van der Waals surface area (Å²) in [6, 6.07) is 9.44. The van der Waals surface area contributed by atoms with E-state index in [1.807, 2.05) is 24.3 Å². The first-order chi connectivity index (χ1) is 9.74. The second kappa shape index (κ2) is 5.89. The van der Waals surface area contributed by atoms with Crippen LogP contribution in [0.15, 0.2) is 34.9 Å². The summed E-state index contributed by atoms with van der Waals surface area (Å²) in [6.07, 6.45) is 2.97. The van der Waals surface area contributed by atoms with Crippen LogP contribution < -0.4 is 4.74 Å². The molecule has 0 spiro atoms. The standard InChI is InChI=1S/C15H15BrN2O2/c16-13-9-14(18-15(17-13)11-3-4-11)20-12-5-1-10(2-6-12)7-8-19/h1-2,5-6,9,11,19H,3-4,7-8H2. The van der Waals surface area contributed by atoms with Gasteiger partial charge in [-0.2, -0.15) is 4.98 Å². The maximum atomic E-state index is 8.89. The summed E-state index contributed by atoms with van der Waals surface area (Å²) >= 11 is 3.40. The molecule has 20 heavy (non-hydrogen) atoms. The van der Waals surface area contributed by atoms with Gasteiger partial charge in [-0.3, -0.25) is 0 Å². The summed E-state index contributed by atoms with van der Waals surface area (Å²) in [5.41, 5.74) is 1.09. The summed E-state index contributed by atoms with van der Waals surface area (Å²) < 4.78 is 6.52. The van der Waals surface area contributed by atoms with E-state index in [1.165, 1.54) is 0 Å². The van der Waals surface area contributed by atoms with E-state index < -0.39 is 0 Å². The third kappa shape index (κ3) is 3.35. The van der Waals surface area contributed by atoms with Crippen molar-refractivity contribution in [3.8, 4) is 11.6 Å². The molecule has 0 saturated heterocycles. The number of aliphatic hydroxyl groups excluding tert-OH is 1. The van der Waals surface area contributed by atoms with Crippen molar-refractivity contribution in [2.24, 2.45) is 0 Å². The summed E-state index contributed by atoms with van der Waals surface area (Å²) in [5, 5.41) is 8.89. The Kier molecular flexibility index (Phi) is 3.98. The monoisotopic (exact) mass is 334 g/mol. The van der Waals surface area contributed by atoms with Crippen molar-refractivity contribution in [3.63, 3.8) is 0 Å². The van der Waals surface area contributed by atoms with Gasteiger partial charge in [0.2, 0.25) is 5.88 Å². The average molecular weight is 335 g/mol. The van der Waals surface area contributed by atoms with Gasteiger partial charge in [0.15, 0.2) is 0 Å². The molecular weight excluding hydrogens is 320 g/mol. The van der Waals surface area contributed by atoms with Crippen LogP contribution in [0.4, 0.5) is 0 Å². The third-order valence-corrected chi connectivity index (χ3v) is 3.58. The van der Waals surface area contributed by atoms with E-state index >= 15 is 0 Å². The van der Waals surface area contributed by atoms with Crippen molar-refractivity contribution in [2.45, 2.75) is 25.2 Å². The van der Waals surface area contributed by atoms with Gasteiger partial charge in [0.25, 0.3) is 0 Å². The van der Waals surface area contributed by atoms with Crippen LogP contribution >= 0.6 is 15.9 Å². The molecule has 1 N–H and O–H groups in total. The number of rotatable bonds is 5. The first kappa shape index (κ1) is 13.5. The number of nitrogens with zero attached hydrogens (tertiary/aromatic N) is 2. The Morgan fingerprint density at radius 3 is 2.60 bits per heavy atom. The number of benzene rings is 1. The van der Waals surface area contributed by atoms with Gasteiger partial charge < -0.3 is 9.84 Å². The second-order valence-corrected chi connectivity index (χ2v) is 5.69. The molecule has 1 aromatic carbocycles. The molecule has 1 aliphatic carbocycles. The van der Waals surface area contributed by atoms with Gasteiger partial charge in [0.1, 0.15) is 16.2 Å². The molecule has 104 valence electrons. The lowest BCUT2D eigenvalue weighted by Gasteiger charge is -2.07. The summed E-state index contributed by atoms with van der Waals surface area (Å²) in [5.74, 6) is 2.63. The Morgan fingerprint density at radius 2 is 1.95 bits per heavy atom. The fourth-order valence-corrected chi connectivity index (χ4v) is 2.34. The highest BCUT2D eigenvalue weighted by molar-refractivity contribution is 9.10. The van der Waals surface area contributed by atoms with Crippen LogP contribution in [-0.4, -0.2) is 21.7 Å². The molecule has 1 heterocycles. The van der Waals surface area contributed by atoms with E-state index in [2.05, 4.69) is 25.9 Å². The van der Waals surface area contributed by atoms with Gasteiger partial charge in [-0.05, 0) is 52.9 Å². The summed E-state index contributed by atoms with van der Waals surface area (Å²) in [6.45, 7) is 0.157. The van der Waals surface area contributed by atoms with Gasteiger partial charge >= 0.3 is 0 Å². The molecular formula is C15H15BrN2O2. The van der Waals surface area contributed by atoms with Gasteiger partial charge in [-0.25, -0.2) is 4.98 Å². The predicted molar refractivity (Wildman–Crippen MR) is 79.0 cm³/mol. The molecule has 0 amide bonds. The number of halogens is 1. The lowest BCUT2D eigenvalue weighted by Crippen LogP contribution is -1.97. The van der Waals surface area contributed by atoms with E-state index in [0.29, 0.717) is 18.2 Å². The van der Waals surface area contributed by atoms with E-state index in [4.69, 9.17) is 9.84 Å². The molecule has 0 radical (unpaired) electrons. The van der Waals surface area contributed by atoms with Crippen LogP contribution in [0, 0.1) is 0 Å². The van der Waals surface area contributed by atoms with Gasteiger partial charge in [-0.1, -0.05) is 12.1 Å². The number of aromatic nitrogens is 2. The minimum Gasteiger partial charge on any atom is -0.439 e. The quantitative estimate of drug-likeness (QED) is 0.851. The molecule has 1 saturated carbocycles. The molecule has 0 unspecified atom stereocenters. The average Bonchev–Trinajstić information content (AvgIpc) is 3.25. The van der Waals surface area contributed by atoms with Crippen molar-refractivity contribution in [3.05, 3.63) is 46.3 Å². The van der Waals surface area contributed by atoms with Gasteiger partial charge in [0.05, 0.1) is 0 Å². The van der Waals surface area contributed by atoms with Gasteiger partial charge in [0, 0.05) is 18.6 Å². The van der Waals surface area contributed by atoms with Crippen molar-refractivity contribution in [2.75, 3.05) is 6.61 Å². The second-order valence-electron chi connectivity index (χ2n) is 4.88. The minimum absolute atomic E-state index is 0.157. The molecule has 1 fully saturated rings. The SMILES string of the molecule is OCCc1ccc(Oc2cc(Br)nc(C3CC3)n2)cc1. The maximum Gasteiger partial charge on any atom is 0.223 e. The lowest BCUT2D eigenvalue weighted by atomic mass is 10.1. The molecule has 1 aliphatic rings. The van der Waals surface area contributed by atoms with Crippen LogP contribution in [0.1, 0.15) is 30.1 Å². The zero-order valence-corrected chi connectivity index (χ0v) is 12.5. The van der Waals surface area contributed by atoms with E-state index in [1.54, 1.807) is 6.07 Å². The van der Waals surface area contributed by atoms with Crippen molar-refractivity contribution >= 4 is 15.9 Å². The Labute approximate surface area is 126 Å². The zero-order valence-electron chi connectivity index (χ0n) is 10.9. The molecule has 0 aliphatic heterocycles. The number of ether oxygens (including phenoxy) is 1. The highest BCUT2D eigenvalue weighted by atomic mass is 79.9. The number of hydrogen-bond acceptors (Lipinski definition) is 4. The number of hydrogen-bond donors (Lipinski definition) is 1. The van der Waals surface area contributed by atoms with Crippen LogP contribution in [-0.2, 0) is 6.42 Å². The topological polar surface area (TPSA) is 55.2 Å². The number of aliphatic hydroxyl groups is 1. The summed E-state index contributed by atoms with van der Waals surface area (Å²) in [7, 11) is 0. The predicted octanol–water partition coefficient (Wildman–Crippen LogP) is 3.44. The molecule has 1 aromatic heterocycles. The molecule has 2 aromatic rings. The normalized spacial score (nSPS) is 14.3. The molecule has 0 bridgehead atoms. The minimum atomic E-state index is 0.157. The van der Waals surface area contributed by atoms with E-state index in [-0.39, 0.29) is 6.61 Å². The molecule has 5 heteroatoms. The fraction of sp³-hybridized carbons (Fsp3) is 0.333. The van der Waals surface area contributed by atoms with E-state index in [0.717, 1.165) is 34.6 Å². The van der Waals surface area contributed by atoms with Crippen LogP contribution in [0.25, 0.3) is 0 Å². The zero-order chi connectivity index (χ0) is 13.9. The van der Waals surface area contributed by atoms with Crippen molar-refractivity contribution in [1.82, 2.24) is 9.97 Å². The van der Waals surface area contributed by atoms with Crippen molar-refractivity contribution < 1.29 is 9.84 Å². The first-order valence-electron chi connectivity index (χ1n) is 6.67. The Balaban J connectivity index is 1.76. The van der Waals surface area contributed by atoms with Crippen LogP contribution in [0.3, 0.4) is 0 Å². The first-order valence-corrected chi connectivity index (χ1v) is 7.46. The largest absolute Gasteiger partial charge is 0.439 e. The van der Waals surface area contributed by atoms with Crippen LogP contribution in [0.5, 0.6) is 11.6 Å². The van der Waals surface area contributed by atoms with Crippen molar-refractivity contribution in [1.29, 1.82) is 0 Å². The fourth-order valence-electron chi connectivity index (χ4n) is 1.96. The molecule has 0 atom stereocenters. The third-order valence-electron chi connectivity index (χ3n) is 3.18. The van der Waals surface area contributed by atoms with E-state index in [9.17, 15) is 0 Å². The molecule has 3 rings (SSSR count).